The zero-order valence-electron chi connectivity index (χ0n) is 15.3. The first kappa shape index (κ1) is 19.2. The predicted molar refractivity (Wildman–Crippen MR) is 108 cm³/mol. The fourth-order valence-electron chi connectivity index (χ4n) is 3.91. The Hall–Kier alpha value is -2.11. The van der Waals surface area contributed by atoms with Crippen molar-refractivity contribution in [2.75, 3.05) is 10.6 Å². The molecule has 0 radical (unpaired) electrons. The lowest BCUT2D eigenvalue weighted by molar-refractivity contribution is -0.118. The van der Waals surface area contributed by atoms with Crippen molar-refractivity contribution in [3.05, 3.63) is 68.8 Å². The first-order chi connectivity index (χ1) is 13.1. The van der Waals surface area contributed by atoms with Crippen molar-refractivity contribution in [2.24, 2.45) is 5.41 Å². The third-order valence-corrected chi connectivity index (χ3v) is 5.69. The number of halogens is 4. The molecule has 0 amide bonds. The Morgan fingerprint density at radius 3 is 2.39 bits per heavy atom. The number of hydrogen-bond acceptors (Lipinski definition) is 3. The van der Waals surface area contributed by atoms with Crippen LogP contribution in [0.1, 0.15) is 38.3 Å². The molecule has 2 aromatic rings. The number of anilines is 2. The summed E-state index contributed by atoms with van der Waals surface area (Å²) in [7, 11) is 0. The fraction of sp³-hybridized carbons (Fsp3) is 0.286. The number of Topliss-reactive ketones (excluding diaryl/α,β-unsaturated/α-hetero) is 1. The van der Waals surface area contributed by atoms with Gasteiger partial charge in [0.2, 0.25) is 0 Å². The van der Waals surface area contributed by atoms with E-state index in [2.05, 4.69) is 10.6 Å². The standard InChI is InChI=1S/C21H18Cl2F2N2O/c1-21(2)8-17-19(18(28)9-21)20(11-4-3-10(22)5-12(11)23)27-16-7-14(25)13(24)6-15(16)26-17/h3-7,20,26-27H,8-9H2,1-2H3. The molecule has 1 aliphatic heterocycles. The van der Waals surface area contributed by atoms with Crippen molar-refractivity contribution >= 4 is 40.4 Å². The topological polar surface area (TPSA) is 41.1 Å². The van der Waals surface area contributed by atoms with Gasteiger partial charge in [0.25, 0.3) is 0 Å². The predicted octanol–water partition coefficient (Wildman–Crippen LogP) is 6.49. The summed E-state index contributed by atoms with van der Waals surface area (Å²) in [6, 6.07) is 6.60. The number of nitrogens with one attached hydrogen (secondary N) is 2. The highest BCUT2D eigenvalue weighted by Crippen LogP contribution is 2.46. The van der Waals surface area contributed by atoms with Gasteiger partial charge in [-0.3, -0.25) is 4.79 Å². The summed E-state index contributed by atoms with van der Waals surface area (Å²) >= 11 is 12.4. The van der Waals surface area contributed by atoms with Crippen LogP contribution in [0.5, 0.6) is 0 Å². The highest BCUT2D eigenvalue weighted by molar-refractivity contribution is 6.35. The molecule has 1 heterocycles. The number of allylic oxidation sites excluding steroid dienone is 1. The van der Waals surface area contributed by atoms with Gasteiger partial charge in [-0.25, -0.2) is 8.78 Å². The summed E-state index contributed by atoms with van der Waals surface area (Å²) in [4.78, 5) is 13.1. The van der Waals surface area contributed by atoms with Crippen LogP contribution < -0.4 is 10.6 Å². The van der Waals surface area contributed by atoms with Crippen molar-refractivity contribution in [2.45, 2.75) is 32.7 Å². The van der Waals surface area contributed by atoms with Gasteiger partial charge in [0.15, 0.2) is 17.4 Å². The van der Waals surface area contributed by atoms with Crippen molar-refractivity contribution in [1.82, 2.24) is 0 Å². The number of hydrogen-bond donors (Lipinski definition) is 2. The Balaban J connectivity index is 1.93. The van der Waals surface area contributed by atoms with Crippen LogP contribution in [-0.2, 0) is 4.79 Å². The maximum atomic E-state index is 13.9. The highest BCUT2D eigenvalue weighted by Gasteiger charge is 2.39. The van der Waals surface area contributed by atoms with Gasteiger partial charge < -0.3 is 10.6 Å². The van der Waals surface area contributed by atoms with E-state index >= 15 is 0 Å². The van der Waals surface area contributed by atoms with Crippen molar-refractivity contribution in [3.63, 3.8) is 0 Å². The minimum Gasteiger partial charge on any atom is -0.372 e. The van der Waals surface area contributed by atoms with Crippen LogP contribution in [-0.4, -0.2) is 5.78 Å². The maximum absolute atomic E-state index is 13.9. The number of carbonyl (C=O) groups excluding carboxylic acids is 1. The summed E-state index contributed by atoms with van der Waals surface area (Å²) in [5, 5.41) is 7.21. The minimum absolute atomic E-state index is 0.0315. The molecule has 0 aromatic heterocycles. The van der Waals surface area contributed by atoms with Gasteiger partial charge in [-0.2, -0.15) is 0 Å². The lowest BCUT2D eigenvalue weighted by Crippen LogP contribution is -2.31. The van der Waals surface area contributed by atoms with E-state index in [0.717, 1.165) is 12.1 Å². The molecule has 2 N–H and O–H groups in total. The number of benzene rings is 2. The van der Waals surface area contributed by atoms with Crippen LogP contribution in [0.3, 0.4) is 0 Å². The molecule has 1 aliphatic carbocycles. The molecule has 2 aromatic carbocycles. The first-order valence-corrected chi connectivity index (χ1v) is 9.64. The molecular formula is C21H18Cl2F2N2O. The van der Waals surface area contributed by atoms with E-state index < -0.39 is 17.7 Å². The van der Waals surface area contributed by atoms with Crippen LogP contribution in [0.2, 0.25) is 10.0 Å². The molecule has 28 heavy (non-hydrogen) atoms. The molecule has 1 unspecified atom stereocenters. The number of ketones is 1. The van der Waals surface area contributed by atoms with E-state index in [4.69, 9.17) is 23.2 Å². The normalized spacial score (nSPS) is 20.6. The smallest absolute Gasteiger partial charge is 0.163 e. The molecule has 0 fully saturated rings. The number of carbonyl (C=O) groups is 1. The molecule has 146 valence electrons. The van der Waals surface area contributed by atoms with Crippen molar-refractivity contribution in [1.29, 1.82) is 0 Å². The summed E-state index contributed by atoms with van der Waals surface area (Å²) in [5.41, 5.74) is 2.35. The summed E-state index contributed by atoms with van der Waals surface area (Å²) in [6.07, 6.45) is 0.964. The third kappa shape index (κ3) is 3.38. The molecule has 0 bridgehead atoms. The van der Waals surface area contributed by atoms with Gasteiger partial charge in [-0.05, 0) is 29.5 Å². The number of rotatable bonds is 1. The fourth-order valence-corrected chi connectivity index (χ4v) is 4.43. The van der Waals surface area contributed by atoms with E-state index in [-0.39, 0.29) is 11.2 Å². The van der Waals surface area contributed by atoms with E-state index in [0.29, 0.717) is 51.1 Å². The zero-order valence-corrected chi connectivity index (χ0v) is 16.8. The van der Waals surface area contributed by atoms with Gasteiger partial charge in [0, 0.05) is 39.9 Å². The second kappa shape index (κ2) is 6.75. The van der Waals surface area contributed by atoms with Crippen LogP contribution in [0.15, 0.2) is 41.6 Å². The molecule has 0 spiro atoms. The molecule has 3 nitrogen and oxygen atoms in total. The van der Waals surface area contributed by atoms with E-state index in [9.17, 15) is 13.6 Å². The molecule has 2 aliphatic rings. The van der Waals surface area contributed by atoms with Crippen molar-refractivity contribution < 1.29 is 13.6 Å². The summed E-state index contributed by atoms with van der Waals surface area (Å²) in [6.45, 7) is 4.01. The quantitative estimate of drug-likeness (QED) is 0.551. The average molecular weight is 423 g/mol. The second-order valence-corrected chi connectivity index (χ2v) is 8.86. The van der Waals surface area contributed by atoms with Gasteiger partial charge in [0.05, 0.1) is 17.4 Å². The number of fused-ring (bicyclic) bond motifs is 1. The second-order valence-electron chi connectivity index (χ2n) is 8.01. The Morgan fingerprint density at radius 1 is 1.04 bits per heavy atom. The molecule has 0 saturated heterocycles. The molecule has 7 heteroatoms. The Bertz CT molecular complexity index is 1030. The van der Waals surface area contributed by atoms with Crippen molar-refractivity contribution in [3.8, 4) is 0 Å². The lowest BCUT2D eigenvalue weighted by Gasteiger charge is -2.34. The van der Waals surface area contributed by atoms with Crippen LogP contribution in [0.25, 0.3) is 0 Å². The highest BCUT2D eigenvalue weighted by atomic mass is 35.5. The average Bonchev–Trinajstić information content (AvgIpc) is 2.71. The lowest BCUT2D eigenvalue weighted by atomic mass is 9.73. The van der Waals surface area contributed by atoms with Gasteiger partial charge >= 0.3 is 0 Å². The third-order valence-electron chi connectivity index (χ3n) is 5.13. The Morgan fingerprint density at radius 2 is 1.71 bits per heavy atom. The van der Waals surface area contributed by atoms with Gasteiger partial charge in [-0.15, -0.1) is 0 Å². The van der Waals surface area contributed by atoms with Crippen LogP contribution in [0.4, 0.5) is 20.2 Å². The zero-order chi connectivity index (χ0) is 20.2. The molecule has 1 atom stereocenters. The monoisotopic (exact) mass is 422 g/mol. The summed E-state index contributed by atoms with van der Waals surface area (Å²) in [5.74, 6) is -1.96. The Labute approximate surface area is 171 Å². The first-order valence-electron chi connectivity index (χ1n) is 8.88. The Kier molecular flexibility index (Phi) is 4.63. The van der Waals surface area contributed by atoms with Crippen LogP contribution in [0, 0.1) is 17.0 Å². The molecule has 4 rings (SSSR count). The molecule has 0 saturated carbocycles. The van der Waals surface area contributed by atoms with E-state index in [1.54, 1.807) is 18.2 Å². The minimum atomic E-state index is -0.972. The maximum Gasteiger partial charge on any atom is 0.163 e. The largest absolute Gasteiger partial charge is 0.372 e. The summed E-state index contributed by atoms with van der Waals surface area (Å²) < 4.78 is 27.8. The SMILES string of the molecule is CC1(C)CC(=O)C2=C(C1)Nc1cc(F)c(F)cc1NC2c1ccc(Cl)cc1Cl. The van der Waals surface area contributed by atoms with Gasteiger partial charge in [-0.1, -0.05) is 43.1 Å². The van der Waals surface area contributed by atoms with Crippen LogP contribution >= 0.6 is 23.2 Å². The molecular weight excluding hydrogens is 405 g/mol. The van der Waals surface area contributed by atoms with E-state index in [1.165, 1.54) is 0 Å². The van der Waals surface area contributed by atoms with Gasteiger partial charge in [0.1, 0.15) is 0 Å². The van der Waals surface area contributed by atoms with E-state index in [1.807, 2.05) is 13.8 Å².